The van der Waals surface area contributed by atoms with E-state index >= 15 is 0 Å². The second-order valence-corrected chi connectivity index (χ2v) is 8.89. The second kappa shape index (κ2) is 11.0. The first-order chi connectivity index (χ1) is 14.7. The van der Waals surface area contributed by atoms with E-state index in [1.165, 1.54) is 5.56 Å². The van der Waals surface area contributed by atoms with E-state index in [1.807, 2.05) is 69.3 Å². The van der Waals surface area contributed by atoms with E-state index in [0.717, 1.165) is 11.1 Å². The van der Waals surface area contributed by atoms with E-state index in [4.69, 9.17) is 4.74 Å². The van der Waals surface area contributed by atoms with Crippen LogP contribution in [-0.4, -0.2) is 35.9 Å². The molecule has 0 aromatic heterocycles. The van der Waals surface area contributed by atoms with Crippen molar-refractivity contribution in [1.29, 1.82) is 0 Å². The molecule has 2 amide bonds. The van der Waals surface area contributed by atoms with E-state index in [0.29, 0.717) is 25.3 Å². The lowest BCUT2D eigenvalue weighted by molar-refractivity contribution is -0.142. The van der Waals surface area contributed by atoms with Crippen LogP contribution in [0.5, 0.6) is 5.75 Å². The van der Waals surface area contributed by atoms with Crippen molar-refractivity contribution in [2.24, 2.45) is 0 Å². The Bertz CT molecular complexity index is 869. The van der Waals surface area contributed by atoms with Crippen LogP contribution < -0.4 is 10.1 Å². The summed E-state index contributed by atoms with van der Waals surface area (Å²) in [6.45, 7) is 13.0. The maximum atomic E-state index is 13.2. The van der Waals surface area contributed by atoms with Gasteiger partial charge in [0.05, 0.1) is 0 Å². The van der Waals surface area contributed by atoms with Gasteiger partial charge in [-0.3, -0.25) is 9.59 Å². The van der Waals surface area contributed by atoms with Crippen molar-refractivity contribution in [2.75, 3.05) is 13.2 Å². The first-order valence-electron chi connectivity index (χ1n) is 11.0. The highest BCUT2D eigenvalue weighted by Crippen LogP contribution is 2.24. The Morgan fingerprint density at radius 2 is 1.74 bits per heavy atom. The predicted octanol–water partition coefficient (Wildman–Crippen LogP) is 4.61. The Hall–Kier alpha value is -2.82. The van der Waals surface area contributed by atoms with Gasteiger partial charge in [-0.15, -0.1) is 0 Å². The molecule has 0 bridgehead atoms. The Labute approximate surface area is 186 Å². The number of hydrogen-bond acceptors (Lipinski definition) is 3. The Kier molecular flexibility index (Phi) is 8.66. The molecule has 0 aliphatic carbocycles. The lowest BCUT2D eigenvalue weighted by Crippen LogP contribution is -2.50. The van der Waals surface area contributed by atoms with Crippen LogP contribution in [0.1, 0.15) is 57.7 Å². The molecular formula is C26H36N2O3. The van der Waals surface area contributed by atoms with Crippen molar-refractivity contribution in [3.8, 4) is 5.75 Å². The quantitative estimate of drug-likeness (QED) is 0.639. The molecule has 0 aliphatic rings. The fourth-order valence-corrected chi connectivity index (χ4v) is 3.50. The highest BCUT2D eigenvalue weighted by molar-refractivity contribution is 5.88. The van der Waals surface area contributed by atoms with Gasteiger partial charge in [-0.25, -0.2) is 0 Å². The fourth-order valence-electron chi connectivity index (χ4n) is 3.50. The molecule has 5 heteroatoms. The minimum absolute atomic E-state index is 0.0555. The molecule has 168 valence electrons. The molecule has 5 nitrogen and oxygen atoms in total. The van der Waals surface area contributed by atoms with Gasteiger partial charge in [0.25, 0.3) is 5.91 Å². The first-order valence-corrected chi connectivity index (χ1v) is 11.0. The van der Waals surface area contributed by atoms with Crippen LogP contribution in [0, 0.1) is 6.92 Å². The minimum Gasteiger partial charge on any atom is -0.484 e. The van der Waals surface area contributed by atoms with Gasteiger partial charge >= 0.3 is 0 Å². The summed E-state index contributed by atoms with van der Waals surface area (Å²) in [4.78, 5) is 27.4. The highest BCUT2D eigenvalue weighted by atomic mass is 16.5. The molecule has 2 aromatic rings. The first kappa shape index (κ1) is 24.4. The van der Waals surface area contributed by atoms with Gasteiger partial charge in [0, 0.05) is 13.1 Å². The zero-order chi connectivity index (χ0) is 23.0. The molecule has 1 atom stereocenters. The third-order valence-corrected chi connectivity index (χ3v) is 5.25. The lowest BCUT2D eigenvalue weighted by atomic mass is 9.87. The normalized spacial score (nSPS) is 12.2. The van der Waals surface area contributed by atoms with Crippen LogP contribution in [0.3, 0.4) is 0 Å². The molecule has 0 radical (unpaired) electrons. The SMILES string of the molecule is CCNC(=O)C(CC)N(Cc1cccc(C)c1)C(=O)COc1ccc(C(C)(C)C)cc1. The molecule has 0 spiro atoms. The summed E-state index contributed by atoms with van der Waals surface area (Å²) in [6.07, 6.45) is 0.531. The van der Waals surface area contributed by atoms with Crippen LogP contribution in [-0.2, 0) is 21.5 Å². The number of hydrogen-bond donors (Lipinski definition) is 1. The van der Waals surface area contributed by atoms with E-state index in [9.17, 15) is 9.59 Å². The molecule has 1 N–H and O–H groups in total. The average molecular weight is 425 g/mol. The van der Waals surface area contributed by atoms with Crippen molar-refractivity contribution in [2.45, 2.75) is 66.0 Å². The maximum Gasteiger partial charge on any atom is 0.261 e. The third kappa shape index (κ3) is 7.12. The fraction of sp³-hybridized carbons (Fsp3) is 0.462. The summed E-state index contributed by atoms with van der Waals surface area (Å²) in [5, 5.41) is 2.85. The van der Waals surface area contributed by atoms with Crippen molar-refractivity contribution >= 4 is 11.8 Å². The number of amides is 2. The van der Waals surface area contributed by atoms with Crippen LogP contribution in [0.15, 0.2) is 48.5 Å². The van der Waals surface area contributed by atoms with E-state index in [2.05, 4.69) is 26.1 Å². The molecule has 1 unspecified atom stereocenters. The molecule has 0 heterocycles. The van der Waals surface area contributed by atoms with Crippen LogP contribution in [0.25, 0.3) is 0 Å². The standard InChI is InChI=1S/C26H36N2O3/c1-7-23(25(30)27-8-2)28(17-20-11-9-10-19(3)16-20)24(29)18-31-22-14-12-21(13-15-22)26(4,5)6/h9-16,23H,7-8,17-18H2,1-6H3,(H,27,30). The Morgan fingerprint density at radius 3 is 2.29 bits per heavy atom. The number of rotatable bonds is 9. The molecule has 2 rings (SSSR count). The summed E-state index contributed by atoms with van der Waals surface area (Å²) in [5.74, 6) is 0.294. The van der Waals surface area contributed by atoms with Crippen LogP contribution >= 0.6 is 0 Å². The van der Waals surface area contributed by atoms with Gasteiger partial charge in [0.2, 0.25) is 5.91 Å². The van der Waals surface area contributed by atoms with E-state index in [1.54, 1.807) is 4.90 Å². The van der Waals surface area contributed by atoms with E-state index < -0.39 is 6.04 Å². The molecule has 2 aromatic carbocycles. The summed E-state index contributed by atoms with van der Waals surface area (Å²) in [6, 6.07) is 15.3. The van der Waals surface area contributed by atoms with Gasteiger partial charge in [-0.05, 0) is 48.9 Å². The van der Waals surface area contributed by atoms with Crippen molar-refractivity contribution in [3.05, 3.63) is 65.2 Å². The molecule has 0 fully saturated rings. The number of ether oxygens (including phenoxy) is 1. The van der Waals surface area contributed by atoms with Crippen LogP contribution in [0.4, 0.5) is 0 Å². The van der Waals surface area contributed by atoms with Gasteiger partial charge in [-0.1, -0.05) is 69.7 Å². The largest absolute Gasteiger partial charge is 0.484 e. The lowest BCUT2D eigenvalue weighted by Gasteiger charge is -2.30. The van der Waals surface area contributed by atoms with Gasteiger partial charge in [-0.2, -0.15) is 0 Å². The summed E-state index contributed by atoms with van der Waals surface area (Å²) in [7, 11) is 0. The topological polar surface area (TPSA) is 58.6 Å². The average Bonchev–Trinajstić information content (AvgIpc) is 2.72. The second-order valence-electron chi connectivity index (χ2n) is 8.89. The van der Waals surface area contributed by atoms with Crippen molar-refractivity contribution in [3.63, 3.8) is 0 Å². The van der Waals surface area contributed by atoms with Gasteiger partial charge in [0.1, 0.15) is 11.8 Å². The minimum atomic E-state index is -0.542. The number of nitrogens with one attached hydrogen (secondary N) is 1. The molecule has 0 saturated heterocycles. The smallest absolute Gasteiger partial charge is 0.261 e. The molecule has 0 aliphatic heterocycles. The van der Waals surface area contributed by atoms with Gasteiger partial charge < -0.3 is 15.0 Å². The summed E-state index contributed by atoms with van der Waals surface area (Å²) < 4.78 is 5.79. The zero-order valence-corrected chi connectivity index (χ0v) is 19.7. The number of carbonyl (C=O) groups excluding carboxylic acids is 2. The highest BCUT2D eigenvalue weighted by Gasteiger charge is 2.28. The monoisotopic (exact) mass is 424 g/mol. The molecular weight excluding hydrogens is 388 g/mol. The summed E-state index contributed by atoms with van der Waals surface area (Å²) >= 11 is 0. The number of aryl methyl sites for hydroxylation is 1. The summed E-state index contributed by atoms with van der Waals surface area (Å²) in [5.41, 5.74) is 3.37. The third-order valence-electron chi connectivity index (χ3n) is 5.25. The predicted molar refractivity (Wildman–Crippen MR) is 125 cm³/mol. The zero-order valence-electron chi connectivity index (χ0n) is 19.7. The Balaban J connectivity index is 2.17. The van der Waals surface area contributed by atoms with Crippen molar-refractivity contribution in [1.82, 2.24) is 10.2 Å². The maximum absolute atomic E-state index is 13.2. The van der Waals surface area contributed by atoms with Crippen molar-refractivity contribution < 1.29 is 14.3 Å². The molecule has 0 saturated carbocycles. The number of carbonyl (C=O) groups is 2. The van der Waals surface area contributed by atoms with E-state index in [-0.39, 0.29) is 23.8 Å². The number of benzene rings is 2. The van der Waals surface area contributed by atoms with Gasteiger partial charge in [0.15, 0.2) is 6.61 Å². The number of nitrogens with zero attached hydrogens (tertiary/aromatic N) is 1. The number of likely N-dealkylation sites (N-methyl/N-ethyl adjacent to an activating group) is 1. The Morgan fingerprint density at radius 1 is 1.06 bits per heavy atom. The molecule has 31 heavy (non-hydrogen) atoms. The van der Waals surface area contributed by atoms with Crippen LogP contribution in [0.2, 0.25) is 0 Å².